The van der Waals surface area contributed by atoms with Gasteiger partial charge in [0.15, 0.2) is 5.82 Å². The average molecular weight is 206 g/mol. The van der Waals surface area contributed by atoms with Crippen molar-refractivity contribution < 1.29 is 9.90 Å². The van der Waals surface area contributed by atoms with Crippen molar-refractivity contribution >= 4 is 5.97 Å². The lowest BCUT2D eigenvalue weighted by Crippen LogP contribution is -2.08. The number of nitrogens with zero attached hydrogens (tertiary/aromatic N) is 4. The molecule has 0 spiro atoms. The van der Waals surface area contributed by atoms with Gasteiger partial charge in [-0.25, -0.2) is 9.48 Å². The van der Waals surface area contributed by atoms with Crippen molar-refractivity contribution in [3.63, 3.8) is 0 Å². The predicted octanol–water partition coefficient (Wildman–Crippen LogP) is 0.787. The Balaban J connectivity index is 2.61. The second-order valence-corrected chi connectivity index (χ2v) is 2.97. The second kappa shape index (κ2) is 3.56. The van der Waals surface area contributed by atoms with Gasteiger partial charge in [-0.1, -0.05) is 5.21 Å². The minimum absolute atomic E-state index is 0.0342. The van der Waals surface area contributed by atoms with Gasteiger partial charge in [0.05, 0.1) is 0 Å². The fourth-order valence-electron chi connectivity index (χ4n) is 1.39. The van der Waals surface area contributed by atoms with Crippen LogP contribution >= 0.6 is 0 Å². The molecule has 0 bridgehead atoms. The van der Waals surface area contributed by atoms with Crippen LogP contribution in [-0.4, -0.2) is 30.6 Å². The Hall–Kier alpha value is -2.11. The van der Waals surface area contributed by atoms with Gasteiger partial charge in [-0.2, -0.15) is 0 Å². The van der Waals surface area contributed by atoms with Crippen LogP contribution in [0.4, 0.5) is 0 Å². The smallest absolute Gasteiger partial charge is 0.360 e. The zero-order valence-corrected chi connectivity index (χ0v) is 8.16. The molecule has 0 radical (unpaired) electrons. The lowest BCUT2D eigenvalue weighted by molar-refractivity contribution is 0.0690. The molecule has 78 valence electrons. The molecule has 0 unspecified atom stereocenters. The molecular weight excluding hydrogens is 196 g/mol. The van der Waals surface area contributed by atoms with Crippen molar-refractivity contribution in [3.05, 3.63) is 30.2 Å². The van der Waals surface area contributed by atoms with Crippen molar-refractivity contribution in [2.45, 2.75) is 13.5 Å². The molecule has 0 amide bonds. The average Bonchev–Trinajstić information content (AvgIpc) is 2.85. The molecule has 1 N–H and O–H groups in total. The third-order valence-electron chi connectivity index (χ3n) is 2.06. The van der Waals surface area contributed by atoms with Crippen LogP contribution in [-0.2, 0) is 6.54 Å². The fraction of sp³-hybridized carbons (Fsp3) is 0.222. The first-order valence-electron chi connectivity index (χ1n) is 4.54. The highest BCUT2D eigenvalue weighted by Gasteiger charge is 2.19. The van der Waals surface area contributed by atoms with Crippen LogP contribution in [0.5, 0.6) is 0 Å². The molecule has 2 aromatic heterocycles. The van der Waals surface area contributed by atoms with E-state index in [0.717, 1.165) is 0 Å². The van der Waals surface area contributed by atoms with Gasteiger partial charge >= 0.3 is 5.97 Å². The normalized spacial score (nSPS) is 10.5. The maximum atomic E-state index is 10.9. The summed E-state index contributed by atoms with van der Waals surface area (Å²) in [5, 5.41) is 16.4. The van der Waals surface area contributed by atoms with E-state index in [9.17, 15) is 4.79 Å². The standard InChI is InChI=1S/C9H10N4O2/c1-2-13-8(12-5-3-4-6-12)7(9(14)15)10-11-13/h3-6H,2H2,1H3,(H,14,15). The summed E-state index contributed by atoms with van der Waals surface area (Å²) in [6.45, 7) is 2.46. The molecule has 0 saturated carbocycles. The number of hydrogen-bond acceptors (Lipinski definition) is 3. The van der Waals surface area contributed by atoms with E-state index in [1.807, 2.05) is 19.1 Å². The molecule has 2 heterocycles. The molecule has 0 fully saturated rings. The van der Waals surface area contributed by atoms with Gasteiger partial charge in [-0.3, -0.25) is 0 Å². The molecule has 6 heteroatoms. The van der Waals surface area contributed by atoms with Crippen LogP contribution in [0.1, 0.15) is 17.4 Å². The third kappa shape index (κ3) is 1.50. The molecule has 0 atom stereocenters. The van der Waals surface area contributed by atoms with Crippen molar-refractivity contribution in [2.24, 2.45) is 0 Å². The maximum Gasteiger partial charge on any atom is 0.360 e. The number of carboxylic acid groups (broad SMARTS) is 1. The zero-order valence-electron chi connectivity index (χ0n) is 8.16. The van der Waals surface area contributed by atoms with Gasteiger partial charge in [-0.15, -0.1) is 5.10 Å². The SMILES string of the molecule is CCn1nnc(C(=O)O)c1-n1cccc1. The maximum absolute atomic E-state index is 10.9. The van der Waals surface area contributed by atoms with Gasteiger partial charge < -0.3 is 9.67 Å². The summed E-state index contributed by atoms with van der Waals surface area (Å²) < 4.78 is 3.23. The van der Waals surface area contributed by atoms with Gasteiger partial charge in [0, 0.05) is 18.9 Å². The summed E-state index contributed by atoms with van der Waals surface area (Å²) in [7, 11) is 0. The lowest BCUT2D eigenvalue weighted by Gasteiger charge is -2.04. The Labute approximate surface area is 85.8 Å². The van der Waals surface area contributed by atoms with E-state index in [2.05, 4.69) is 10.3 Å². The lowest BCUT2D eigenvalue weighted by atomic mass is 10.4. The summed E-state index contributed by atoms with van der Waals surface area (Å²) in [5.41, 5.74) is -0.0342. The summed E-state index contributed by atoms with van der Waals surface area (Å²) >= 11 is 0. The number of hydrogen-bond donors (Lipinski definition) is 1. The largest absolute Gasteiger partial charge is 0.476 e. The number of aromatic carboxylic acids is 1. The molecule has 0 aromatic carbocycles. The van der Waals surface area contributed by atoms with Gasteiger partial charge in [0.25, 0.3) is 0 Å². The summed E-state index contributed by atoms with van der Waals surface area (Å²) in [6.07, 6.45) is 3.52. The fourth-order valence-corrected chi connectivity index (χ4v) is 1.39. The highest BCUT2D eigenvalue weighted by molar-refractivity contribution is 5.88. The predicted molar refractivity (Wildman–Crippen MR) is 52.0 cm³/mol. The molecule has 0 aliphatic rings. The van der Waals surface area contributed by atoms with E-state index < -0.39 is 5.97 Å². The van der Waals surface area contributed by atoms with Crippen molar-refractivity contribution in [1.29, 1.82) is 0 Å². The van der Waals surface area contributed by atoms with E-state index in [1.54, 1.807) is 21.6 Å². The number of aryl methyl sites for hydroxylation is 1. The van der Waals surface area contributed by atoms with E-state index in [4.69, 9.17) is 5.11 Å². The number of aromatic nitrogens is 4. The quantitative estimate of drug-likeness (QED) is 0.805. The molecule has 0 saturated heterocycles. The first-order valence-corrected chi connectivity index (χ1v) is 4.54. The number of rotatable bonds is 3. The number of carboxylic acids is 1. The van der Waals surface area contributed by atoms with E-state index >= 15 is 0 Å². The molecule has 0 aliphatic carbocycles. The third-order valence-corrected chi connectivity index (χ3v) is 2.06. The molecule has 15 heavy (non-hydrogen) atoms. The second-order valence-electron chi connectivity index (χ2n) is 2.97. The van der Waals surface area contributed by atoms with Crippen LogP contribution in [0.3, 0.4) is 0 Å². The first-order chi connectivity index (χ1) is 7.24. The Morgan fingerprint density at radius 3 is 2.67 bits per heavy atom. The van der Waals surface area contributed by atoms with E-state index in [1.165, 1.54) is 0 Å². The zero-order chi connectivity index (χ0) is 10.8. The Morgan fingerprint density at radius 1 is 1.47 bits per heavy atom. The molecule has 2 aromatic rings. The van der Waals surface area contributed by atoms with Crippen LogP contribution < -0.4 is 0 Å². The van der Waals surface area contributed by atoms with E-state index in [0.29, 0.717) is 12.4 Å². The van der Waals surface area contributed by atoms with Crippen LogP contribution in [0.2, 0.25) is 0 Å². The number of carbonyl (C=O) groups is 1. The molecule has 0 aliphatic heterocycles. The molecular formula is C9H10N4O2. The van der Waals surface area contributed by atoms with Gasteiger partial charge in [0.1, 0.15) is 0 Å². The van der Waals surface area contributed by atoms with E-state index in [-0.39, 0.29) is 5.69 Å². The highest BCUT2D eigenvalue weighted by atomic mass is 16.4. The summed E-state index contributed by atoms with van der Waals surface area (Å²) in [6, 6.07) is 3.64. The molecule has 2 rings (SSSR count). The topological polar surface area (TPSA) is 72.9 Å². The van der Waals surface area contributed by atoms with Gasteiger partial charge in [0.2, 0.25) is 5.69 Å². The summed E-state index contributed by atoms with van der Waals surface area (Å²) in [5.74, 6) is -0.589. The Morgan fingerprint density at radius 2 is 2.13 bits per heavy atom. The van der Waals surface area contributed by atoms with Crippen LogP contribution in [0, 0.1) is 0 Å². The monoisotopic (exact) mass is 206 g/mol. The first kappa shape index (κ1) is 9.45. The van der Waals surface area contributed by atoms with Crippen LogP contribution in [0.25, 0.3) is 5.82 Å². The van der Waals surface area contributed by atoms with Crippen molar-refractivity contribution in [3.8, 4) is 5.82 Å². The highest BCUT2D eigenvalue weighted by Crippen LogP contribution is 2.12. The minimum atomic E-state index is -1.07. The van der Waals surface area contributed by atoms with Crippen LogP contribution in [0.15, 0.2) is 24.5 Å². The Bertz CT molecular complexity index is 472. The summed E-state index contributed by atoms with van der Waals surface area (Å²) in [4.78, 5) is 10.9. The van der Waals surface area contributed by atoms with Crippen molar-refractivity contribution in [1.82, 2.24) is 19.6 Å². The Kier molecular flexibility index (Phi) is 2.24. The van der Waals surface area contributed by atoms with Crippen molar-refractivity contribution in [2.75, 3.05) is 0 Å². The minimum Gasteiger partial charge on any atom is -0.476 e. The van der Waals surface area contributed by atoms with Gasteiger partial charge in [-0.05, 0) is 19.1 Å². The molecule has 6 nitrogen and oxygen atoms in total.